The fraction of sp³-hybridized carbons (Fsp3) is 0.471. The van der Waals surface area contributed by atoms with Gasteiger partial charge in [0.25, 0.3) is 0 Å². The number of amides is 1. The molecule has 0 saturated carbocycles. The summed E-state index contributed by atoms with van der Waals surface area (Å²) in [5.41, 5.74) is 2.10. The van der Waals surface area contributed by atoms with E-state index in [1.54, 1.807) is 23.2 Å². The summed E-state index contributed by atoms with van der Waals surface area (Å²) in [6, 6.07) is 19.5. The fourth-order valence-corrected chi connectivity index (χ4v) is 5.19. The average Bonchev–Trinajstić information content (AvgIpc) is 2.98. The second-order valence-electron chi connectivity index (χ2n) is 11.3. The van der Waals surface area contributed by atoms with Crippen LogP contribution >= 0.6 is 0 Å². The van der Waals surface area contributed by atoms with E-state index >= 15 is 0 Å². The zero-order valence-electron chi connectivity index (χ0n) is 26.0. The number of hydrogen-bond donors (Lipinski definition) is 0. The third-order valence-corrected chi connectivity index (χ3v) is 7.55. The van der Waals surface area contributed by atoms with Gasteiger partial charge in [-0.25, -0.2) is 4.79 Å². The van der Waals surface area contributed by atoms with E-state index in [9.17, 15) is 18.0 Å². The number of halogens is 3. The van der Waals surface area contributed by atoms with Gasteiger partial charge in [-0.2, -0.15) is 13.2 Å². The molecule has 3 aromatic rings. The van der Waals surface area contributed by atoms with Crippen LogP contribution in [0.2, 0.25) is 0 Å². The van der Waals surface area contributed by atoms with E-state index in [4.69, 9.17) is 4.74 Å². The van der Waals surface area contributed by atoms with Gasteiger partial charge in [0.15, 0.2) is 0 Å². The van der Waals surface area contributed by atoms with Crippen LogP contribution in [0, 0.1) is 0 Å². The number of benzene rings is 2. The molecule has 2 aromatic carbocycles. The molecule has 1 fully saturated rings. The maximum Gasteiger partial charge on any atom is 0.416 e. The van der Waals surface area contributed by atoms with Gasteiger partial charge < -0.3 is 9.64 Å². The smallest absolute Gasteiger partial charge is 0.410 e. The first kappa shape index (κ1) is 34.1. The van der Waals surface area contributed by atoms with Gasteiger partial charge in [-0.1, -0.05) is 37.3 Å². The van der Waals surface area contributed by atoms with Crippen LogP contribution in [-0.2, 0) is 19.0 Å². The molecule has 0 atom stereocenters. The van der Waals surface area contributed by atoms with Crippen LogP contribution in [0.15, 0.2) is 72.9 Å². The molecule has 234 valence electrons. The van der Waals surface area contributed by atoms with Gasteiger partial charge >= 0.3 is 12.3 Å². The van der Waals surface area contributed by atoms with Crippen LogP contribution in [0.4, 0.5) is 18.0 Å². The second kappa shape index (κ2) is 16.4. The Morgan fingerprint density at radius 2 is 1.47 bits per heavy atom. The van der Waals surface area contributed by atoms with Crippen molar-refractivity contribution >= 4 is 6.09 Å². The first-order valence-electron chi connectivity index (χ1n) is 15.1. The quantitative estimate of drug-likeness (QED) is 0.261. The van der Waals surface area contributed by atoms with Crippen molar-refractivity contribution in [1.29, 1.82) is 0 Å². The first-order chi connectivity index (χ1) is 20.5. The minimum Gasteiger partial charge on any atom is -0.410 e. The van der Waals surface area contributed by atoms with Crippen molar-refractivity contribution in [1.82, 2.24) is 19.7 Å². The molecular weight excluding hydrogens is 553 g/mol. The Balaban J connectivity index is 0.000000489. The maximum absolute atomic E-state index is 12.7. The van der Waals surface area contributed by atoms with E-state index in [0.29, 0.717) is 37.3 Å². The summed E-state index contributed by atoms with van der Waals surface area (Å²) < 4.78 is 43.6. The molecule has 0 bridgehead atoms. The Hall–Kier alpha value is -3.43. The monoisotopic (exact) mass is 598 g/mol. The van der Waals surface area contributed by atoms with Gasteiger partial charge in [0.05, 0.1) is 5.56 Å². The molecule has 0 radical (unpaired) electrons. The highest BCUT2D eigenvalue weighted by Gasteiger charge is 2.30. The van der Waals surface area contributed by atoms with Gasteiger partial charge in [0.1, 0.15) is 5.75 Å². The molecule has 1 aliphatic heterocycles. The highest BCUT2D eigenvalue weighted by Crippen LogP contribution is 2.29. The number of hydrogen-bond acceptors (Lipinski definition) is 5. The van der Waals surface area contributed by atoms with Crippen LogP contribution in [0.1, 0.15) is 57.0 Å². The molecule has 6 nitrogen and oxygen atoms in total. The van der Waals surface area contributed by atoms with Crippen LogP contribution in [0.5, 0.6) is 5.75 Å². The lowest BCUT2D eigenvalue weighted by molar-refractivity contribution is -0.137. The Bertz CT molecular complexity index is 1220. The van der Waals surface area contributed by atoms with Crippen molar-refractivity contribution in [2.24, 2.45) is 0 Å². The minimum absolute atomic E-state index is 0.375. The lowest BCUT2D eigenvalue weighted by atomic mass is 10.0. The van der Waals surface area contributed by atoms with Gasteiger partial charge in [-0.3, -0.25) is 14.8 Å². The summed E-state index contributed by atoms with van der Waals surface area (Å²) in [5.74, 6) is 0.443. The number of aromatic nitrogens is 1. The van der Waals surface area contributed by atoms with Gasteiger partial charge in [0, 0.05) is 63.1 Å². The molecule has 43 heavy (non-hydrogen) atoms. The topological polar surface area (TPSA) is 48.9 Å². The van der Waals surface area contributed by atoms with E-state index in [-0.39, 0.29) is 6.09 Å². The maximum atomic E-state index is 12.7. The molecule has 4 rings (SSSR count). The van der Waals surface area contributed by atoms with Crippen LogP contribution < -0.4 is 4.74 Å². The minimum atomic E-state index is -4.34. The van der Waals surface area contributed by atoms with E-state index in [0.717, 1.165) is 61.6 Å². The summed E-state index contributed by atoms with van der Waals surface area (Å²) in [6.07, 6.45) is -1.54. The lowest BCUT2D eigenvalue weighted by Gasteiger charge is -2.33. The number of nitrogens with zero attached hydrogens (tertiary/aromatic N) is 4. The SMILES string of the molecule is CCN(C(C)C)C(C)C.O=C(Oc1ccc(Cc2ccc(C(F)(F)F)cc2)cc1)N1CCN(CCc2ccccn2)CC1. The summed E-state index contributed by atoms with van der Waals surface area (Å²) in [6.45, 7) is 16.0. The van der Waals surface area contributed by atoms with Crippen molar-refractivity contribution < 1.29 is 22.7 Å². The Morgan fingerprint density at radius 3 is 1.93 bits per heavy atom. The number of alkyl halides is 3. The third-order valence-electron chi connectivity index (χ3n) is 7.55. The largest absolute Gasteiger partial charge is 0.416 e. The standard InChI is InChI=1S/C26H26F3N3O2.C8H19N/c27-26(28,29)22-8-4-20(5-9-22)19-21-6-10-24(11-7-21)34-25(33)32-17-15-31(16-18-32)14-12-23-3-1-2-13-30-23;1-6-9(7(2)3)8(4)5/h1-11,13H,12,14-19H2;7-8H,6H2,1-5H3. The van der Waals surface area contributed by atoms with Gasteiger partial charge in [0.2, 0.25) is 0 Å². The summed E-state index contributed by atoms with van der Waals surface area (Å²) in [7, 11) is 0. The predicted octanol–water partition coefficient (Wildman–Crippen LogP) is 7.18. The van der Waals surface area contributed by atoms with E-state index in [1.807, 2.05) is 30.3 Å². The molecule has 1 aromatic heterocycles. The average molecular weight is 599 g/mol. The van der Waals surface area contributed by atoms with Gasteiger partial charge in [-0.05, 0) is 88.2 Å². The number of carbonyl (C=O) groups excluding carboxylic acids is 1. The molecule has 1 saturated heterocycles. The van der Waals surface area contributed by atoms with E-state index < -0.39 is 11.7 Å². The van der Waals surface area contributed by atoms with Crippen molar-refractivity contribution in [2.45, 2.75) is 65.7 Å². The number of piperazine rings is 1. The number of rotatable bonds is 9. The normalized spacial score (nSPS) is 14.2. The highest BCUT2D eigenvalue weighted by molar-refractivity contribution is 5.70. The van der Waals surface area contributed by atoms with Crippen LogP contribution in [0.3, 0.4) is 0 Å². The summed E-state index contributed by atoms with van der Waals surface area (Å²) in [4.78, 5) is 23.3. The summed E-state index contributed by atoms with van der Waals surface area (Å²) >= 11 is 0. The Kier molecular flexibility index (Phi) is 13.0. The van der Waals surface area contributed by atoms with Gasteiger partial charge in [-0.15, -0.1) is 0 Å². The molecule has 0 unspecified atom stereocenters. The number of ether oxygens (including phenoxy) is 1. The summed E-state index contributed by atoms with van der Waals surface area (Å²) in [5, 5.41) is 0. The zero-order chi connectivity index (χ0) is 31.4. The molecule has 1 aliphatic rings. The molecule has 0 spiro atoms. The van der Waals surface area contributed by atoms with E-state index in [1.165, 1.54) is 12.1 Å². The molecule has 0 aliphatic carbocycles. The zero-order valence-corrected chi connectivity index (χ0v) is 26.0. The van der Waals surface area contributed by atoms with Crippen molar-refractivity contribution in [2.75, 3.05) is 39.3 Å². The van der Waals surface area contributed by atoms with Crippen LogP contribution in [0.25, 0.3) is 0 Å². The third kappa shape index (κ3) is 11.3. The van der Waals surface area contributed by atoms with Crippen molar-refractivity contribution in [3.63, 3.8) is 0 Å². The Labute approximate surface area is 254 Å². The molecule has 0 N–H and O–H groups in total. The first-order valence-corrected chi connectivity index (χ1v) is 15.1. The van der Waals surface area contributed by atoms with Crippen molar-refractivity contribution in [3.05, 3.63) is 95.3 Å². The predicted molar refractivity (Wildman–Crippen MR) is 165 cm³/mol. The molecule has 9 heteroatoms. The highest BCUT2D eigenvalue weighted by atomic mass is 19.4. The fourth-order valence-electron chi connectivity index (χ4n) is 5.19. The lowest BCUT2D eigenvalue weighted by Crippen LogP contribution is -2.49. The molecule has 1 amide bonds. The number of pyridine rings is 1. The van der Waals surface area contributed by atoms with Crippen LogP contribution in [-0.4, -0.2) is 77.1 Å². The second-order valence-corrected chi connectivity index (χ2v) is 11.3. The molecule has 2 heterocycles. The Morgan fingerprint density at radius 1 is 0.884 bits per heavy atom. The molecular formula is C34H45F3N4O2. The number of carbonyl (C=O) groups is 1. The van der Waals surface area contributed by atoms with E-state index in [2.05, 4.69) is 49.4 Å². The van der Waals surface area contributed by atoms with Crippen molar-refractivity contribution in [3.8, 4) is 5.75 Å².